The van der Waals surface area contributed by atoms with Gasteiger partial charge >= 0.3 is 0 Å². The van der Waals surface area contributed by atoms with Crippen LogP contribution in [0.1, 0.15) is 41.3 Å². The van der Waals surface area contributed by atoms with Gasteiger partial charge in [0.25, 0.3) is 0 Å². The fraction of sp³-hybridized carbons (Fsp3) is 0.304. The maximum absolute atomic E-state index is 5.07. The first-order valence-electron chi connectivity index (χ1n) is 9.05. The Hall–Kier alpha value is -2.68. The van der Waals surface area contributed by atoms with Crippen LogP contribution in [0.15, 0.2) is 41.6 Å². The number of para-hydroxylation sites is 1. The second-order valence-electron chi connectivity index (χ2n) is 6.86. The average Bonchev–Trinajstić information content (AvgIpc) is 2.58. The van der Waals surface area contributed by atoms with E-state index in [0.717, 1.165) is 34.3 Å². The molecule has 3 aromatic rings. The summed E-state index contributed by atoms with van der Waals surface area (Å²) < 4.78 is 0. The van der Waals surface area contributed by atoms with Crippen molar-refractivity contribution in [2.75, 3.05) is 7.11 Å². The summed E-state index contributed by atoms with van der Waals surface area (Å²) in [6.45, 7) is 10.6. The monoisotopic (exact) mass is 346 g/mol. The van der Waals surface area contributed by atoms with Crippen molar-refractivity contribution in [3.05, 3.63) is 64.3 Å². The number of fused-ring (bicyclic) bond motifs is 1. The Labute approximate surface area is 155 Å². The van der Waals surface area contributed by atoms with Crippen LogP contribution in [0.4, 0.5) is 0 Å². The lowest BCUT2D eigenvalue weighted by atomic mass is 9.90. The molecule has 0 N–H and O–H groups in total. The van der Waals surface area contributed by atoms with Gasteiger partial charge in [0.2, 0.25) is 0 Å². The Morgan fingerprint density at radius 3 is 2.35 bits per heavy atom. The van der Waals surface area contributed by atoms with Gasteiger partial charge in [-0.25, -0.2) is 0 Å². The van der Waals surface area contributed by atoms with Crippen LogP contribution in [0.3, 0.4) is 0 Å². The Kier molecular flexibility index (Phi) is 5.08. The van der Waals surface area contributed by atoms with Crippen LogP contribution < -0.4 is 0 Å². The number of hydrogen-bond acceptors (Lipinski definition) is 3. The maximum atomic E-state index is 5.07. The molecule has 0 fully saturated rings. The summed E-state index contributed by atoms with van der Waals surface area (Å²) in [6.07, 6.45) is 0.805. The molecule has 26 heavy (non-hydrogen) atoms. The molecule has 1 aromatic heterocycles. The van der Waals surface area contributed by atoms with Crippen molar-refractivity contribution in [2.24, 2.45) is 5.16 Å². The molecule has 0 aliphatic carbocycles. The van der Waals surface area contributed by atoms with Gasteiger partial charge in [0.15, 0.2) is 0 Å². The molecule has 0 atom stereocenters. The van der Waals surface area contributed by atoms with E-state index in [-0.39, 0.29) is 0 Å². The zero-order chi connectivity index (χ0) is 18.8. The fourth-order valence-corrected chi connectivity index (χ4v) is 3.84. The third-order valence-corrected chi connectivity index (χ3v) is 4.76. The summed E-state index contributed by atoms with van der Waals surface area (Å²) >= 11 is 0. The number of hydrogen-bond donors (Lipinski definition) is 0. The third kappa shape index (κ3) is 3.22. The van der Waals surface area contributed by atoms with E-state index in [0.29, 0.717) is 0 Å². The molecule has 3 nitrogen and oxygen atoms in total. The van der Waals surface area contributed by atoms with Gasteiger partial charge in [-0.2, -0.15) is 0 Å². The molecule has 0 saturated heterocycles. The van der Waals surface area contributed by atoms with E-state index in [1.54, 1.807) is 7.11 Å². The smallest absolute Gasteiger partial charge is 0.106 e. The summed E-state index contributed by atoms with van der Waals surface area (Å²) in [5, 5.41) is 5.36. The van der Waals surface area contributed by atoms with Gasteiger partial charge in [0.1, 0.15) is 7.11 Å². The van der Waals surface area contributed by atoms with Gasteiger partial charge in [-0.3, -0.25) is 4.98 Å². The average molecular weight is 346 g/mol. The minimum absolute atomic E-state index is 0.805. The summed E-state index contributed by atoms with van der Waals surface area (Å²) in [5.41, 5.74) is 10.3. The van der Waals surface area contributed by atoms with Crippen molar-refractivity contribution in [3.63, 3.8) is 0 Å². The van der Waals surface area contributed by atoms with Crippen LogP contribution in [0.5, 0.6) is 0 Å². The molecule has 0 bridgehead atoms. The second-order valence-corrected chi connectivity index (χ2v) is 6.86. The molecule has 0 spiro atoms. The molecule has 0 aliphatic heterocycles. The molecule has 3 rings (SSSR count). The predicted molar refractivity (Wildman–Crippen MR) is 110 cm³/mol. The summed E-state index contributed by atoms with van der Waals surface area (Å²) in [7, 11) is 1.59. The first-order valence-corrected chi connectivity index (χ1v) is 9.05. The van der Waals surface area contributed by atoms with Crippen LogP contribution in [0.2, 0.25) is 0 Å². The van der Waals surface area contributed by atoms with Crippen LogP contribution in [0, 0.1) is 27.7 Å². The molecule has 0 amide bonds. The van der Waals surface area contributed by atoms with Crippen molar-refractivity contribution in [2.45, 2.75) is 41.0 Å². The van der Waals surface area contributed by atoms with Crippen LogP contribution in [-0.2, 0) is 4.84 Å². The number of benzene rings is 2. The van der Waals surface area contributed by atoms with E-state index in [2.05, 4.69) is 69.2 Å². The second kappa shape index (κ2) is 7.28. The number of oxime groups is 1. The van der Waals surface area contributed by atoms with E-state index >= 15 is 0 Å². The molecule has 0 aliphatic rings. The van der Waals surface area contributed by atoms with E-state index in [4.69, 9.17) is 9.82 Å². The van der Waals surface area contributed by atoms with Gasteiger partial charge < -0.3 is 4.84 Å². The molecular formula is C23H26N2O. The molecule has 1 heterocycles. The van der Waals surface area contributed by atoms with Gasteiger partial charge in [0, 0.05) is 22.2 Å². The molecule has 2 aromatic carbocycles. The first kappa shape index (κ1) is 18.1. The van der Waals surface area contributed by atoms with Gasteiger partial charge in [-0.15, -0.1) is 0 Å². The zero-order valence-corrected chi connectivity index (χ0v) is 16.5. The highest BCUT2D eigenvalue weighted by molar-refractivity contribution is 6.12. The fourth-order valence-electron chi connectivity index (χ4n) is 3.84. The Morgan fingerprint density at radius 1 is 1.04 bits per heavy atom. The highest BCUT2D eigenvalue weighted by Crippen LogP contribution is 2.34. The quantitative estimate of drug-likeness (QED) is 0.435. The minimum Gasteiger partial charge on any atom is -0.399 e. The SMILES string of the molecule is CCC(=NOC)c1cc(C)nc2c(-c3c(C)cc(C)cc3C)cccc12. The lowest BCUT2D eigenvalue weighted by Crippen LogP contribution is -2.04. The Morgan fingerprint density at radius 2 is 1.73 bits per heavy atom. The maximum Gasteiger partial charge on any atom is 0.106 e. The minimum atomic E-state index is 0.805. The highest BCUT2D eigenvalue weighted by Gasteiger charge is 2.15. The van der Waals surface area contributed by atoms with E-state index < -0.39 is 0 Å². The number of aryl methyl sites for hydroxylation is 4. The zero-order valence-electron chi connectivity index (χ0n) is 16.5. The Balaban J connectivity index is 2.38. The number of pyridine rings is 1. The molecule has 3 heteroatoms. The van der Waals surface area contributed by atoms with Crippen LogP contribution in [0.25, 0.3) is 22.0 Å². The van der Waals surface area contributed by atoms with E-state index in [1.807, 2.05) is 6.92 Å². The lowest BCUT2D eigenvalue weighted by molar-refractivity contribution is 0.213. The predicted octanol–water partition coefficient (Wildman–Crippen LogP) is 5.90. The number of rotatable bonds is 4. The molecule has 0 radical (unpaired) electrons. The molecular weight excluding hydrogens is 320 g/mol. The summed E-state index contributed by atoms with van der Waals surface area (Å²) in [4.78, 5) is 9.97. The van der Waals surface area contributed by atoms with E-state index in [1.165, 1.54) is 27.8 Å². The van der Waals surface area contributed by atoms with Crippen molar-refractivity contribution < 1.29 is 4.84 Å². The van der Waals surface area contributed by atoms with Crippen molar-refractivity contribution in [1.29, 1.82) is 0 Å². The van der Waals surface area contributed by atoms with Crippen LogP contribution in [-0.4, -0.2) is 17.8 Å². The molecule has 0 unspecified atom stereocenters. The Bertz CT molecular complexity index is 980. The standard InChI is InChI=1S/C23H26N2O/c1-7-21(25-26-6)20-13-17(5)24-23-18(20)9-8-10-19(23)22-15(3)11-14(2)12-16(22)4/h8-13H,7H2,1-6H3. The third-order valence-electron chi connectivity index (χ3n) is 4.76. The van der Waals surface area contributed by atoms with Crippen molar-refractivity contribution in [1.82, 2.24) is 4.98 Å². The summed E-state index contributed by atoms with van der Waals surface area (Å²) in [6, 6.07) is 13.0. The topological polar surface area (TPSA) is 34.5 Å². The van der Waals surface area contributed by atoms with Gasteiger partial charge in [-0.1, -0.05) is 48.0 Å². The summed E-state index contributed by atoms with van der Waals surface area (Å²) in [5.74, 6) is 0. The normalized spacial score (nSPS) is 11.8. The van der Waals surface area contributed by atoms with Gasteiger partial charge in [-0.05, 0) is 56.9 Å². The molecule has 134 valence electrons. The van der Waals surface area contributed by atoms with Crippen molar-refractivity contribution in [3.8, 4) is 11.1 Å². The molecule has 0 saturated carbocycles. The largest absolute Gasteiger partial charge is 0.399 e. The van der Waals surface area contributed by atoms with E-state index in [9.17, 15) is 0 Å². The highest BCUT2D eigenvalue weighted by atomic mass is 16.6. The van der Waals surface area contributed by atoms with Gasteiger partial charge in [0.05, 0.1) is 11.2 Å². The number of nitrogens with zero attached hydrogens (tertiary/aromatic N) is 2. The van der Waals surface area contributed by atoms with Crippen molar-refractivity contribution >= 4 is 16.6 Å². The lowest BCUT2D eigenvalue weighted by Gasteiger charge is -2.16. The van der Waals surface area contributed by atoms with Crippen LogP contribution >= 0.6 is 0 Å². The first-order chi connectivity index (χ1) is 12.5. The number of aromatic nitrogens is 1.